The zero-order chi connectivity index (χ0) is 21.1. The third-order valence-electron chi connectivity index (χ3n) is 4.13. The molecule has 156 valence electrons. The molecule has 0 aliphatic carbocycles. The molecule has 1 unspecified atom stereocenters. The lowest BCUT2D eigenvalue weighted by Crippen LogP contribution is -2.38. The molecule has 1 atom stereocenters. The average molecular weight is 417 g/mol. The van der Waals surface area contributed by atoms with Crippen LogP contribution in [-0.4, -0.2) is 31.6 Å². The van der Waals surface area contributed by atoms with Crippen LogP contribution in [0.2, 0.25) is 5.02 Å². The number of benzene rings is 2. The first-order chi connectivity index (χ1) is 14.0. The second-order valence-corrected chi connectivity index (χ2v) is 6.88. The monoisotopic (exact) mass is 416 g/mol. The van der Waals surface area contributed by atoms with E-state index in [4.69, 9.17) is 16.3 Å². The molecule has 2 rings (SSSR count). The first kappa shape index (κ1) is 22.6. The van der Waals surface area contributed by atoms with Gasteiger partial charge in [0.2, 0.25) is 0 Å². The summed E-state index contributed by atoms with van der Waals surface area (Å²) in [5, 5.41) is 10.1. The van der Waals surface area contributed by atoms with E-state index in [1.807, 2.05) is 69.3 Å². The number of halogens is 1. The summed E-state index contributed by atoms with van der Waals surface area (Å²) >= 11 is 6.30. The van der Waals surface area contributed by atoms with Crippen molar-refractivity contribution in [2.75, 3.05) is 19.7 Å². The van der Waals surface area contributed by atoms with Gasteiger partial charge in [-0.3, -0.25) is 4.79 Å². The van der Waals surface area contributed by atoms with E-state index in [0.717, 1.165) is 22.7 Å². The highest BCUT2D eigenvalue weighted by Gasteiger charge is 2.11. The Labute approximate surface area is 177 Å². The molecule has 6 nitrogen and oxygen atoms in total. The highest BCUT2D eigenvalue weighted by Crippen LogP contribution is 2.22. The Morgan fingerprint density at radius 1 is 1.10 bits per heavy atom. The molecule has 1 amide bonds. The van der Waals surface area contributed by atoms with Crippen LogP contribution in [0.3, 0.4) is 0 Å². The van der Waals surface area contributed by atoms with Gasteiger partial charge >= 0.3 is 0 Å². The summed E-state index contributed by atoms with van der Waals surface area (Å²) < 4.78 is 5.54. The van der Waals surface area contributed by atoms with Crippen LogP contribution in [0.25, 0.3) is 0 Å². The van der Waals surface area contributed by atoms with Gasteiger partial charge in [0.15, 0.2) is 12.6 Å². The van der Waals surface area contributed by atoms with E-state index in [9.17, 15) is 4.79 Å². The van der Waals surface area contributed by atoms with E-state index in [1.165, 1.54) is 0 Å². The van der Waals surface area contributed by atoms with E-state index in [0.29, 0.717) is 24.8 Å². The molecule has 0 saturated heterocycles. The van der Waals surface area contributed by atoms with Crippen LogP contribution in [0.5, 0.6) is 5.75 Å². The smallest absolute Gasteiger partial charge is 0.257 e. The Hall–Kier alpha value is -2.73. The predicted molar refractivity (Wildman–Crippen MR) is 118 cm³/mol. The van der Waals surface area contributed by atoms with Gasteiger partial charge in [-0.15, -0.1) is 0 Å². The van der Waals surface area contributed by atoms with Crippen molar-refractivity contribution >= 4 is 23.5 Å². The predicted octanol–water partition coefficient (Wildman–Crippen LogP) is 3.67. The zero-order valence-electron chi connectivity index (χ0n) is 17.2. The summed E-state index contributed by atoms with van der Waals surface area (Å²) in [4.78, 5) is 16.2. The molecular weight excluding hydrogens is 388 g/mol. The van der Waals surface area contributed by atoms with Crippen molar-refractivity contribution in [2.45, 2.75) is 33.4 Å². The average Bonchev–Trinajstić information content (AvgIpc) is 2.71. The number of rotatable bonds is 9. The van der Waals surface area contributed by atoms with Crippen LogP contribution in [-0.2, 0) is 11.3 Å². The van der Waals surface area contributed by atoms with Crippen LogP contribution < -0.4 is 20.7 Å². The van der Waals surface area contributed by atoms with E-state index < -0.39 is 0 Å². The molecule has 7 heteroatoms. The number of amides is 1. The largest absolute Gasteiger partial charge is 0.484 e. The highest BCUT2D eigenvalue weighted by molar-refractivity contribution is 6.31. The number of nitrogens with one attached hydrogen (secondary N) is 3. The molecule has 0 aromatic heterocycles. The molecule has 0 saturated carbocycles. The molecule has 2 aromatic rings. The van der Waals surface area contributed by atoms with Gasteiger partial charge in [-0.1, -0.05) is 41.9 Å². The van der Waals surface area contributed by atoms with Gasteiger partial charge in [0.25, 0.3) is 5.91 Å². The van der Waals surface area contributed by atoms with Crippen molar-refractivity contribution in [2.24, 2.45) is 4.99 Å². The topological polar surface area (TPSA) is 74.8 Å². The Balaban J connectivity index is 2.01. The van der Waals surface area contributed by atoms with E-state index in [2.05, 4.69) is 20.9 Å². The number of carbonyl (C=O) groups is 1. The van der Waals surface area contributed by atoms with Crippen molar-refractivity contribution in [1.29, 1.82) is 0 Å². The number of hydrogen-bond acceptors (Lipinski definition) is 3. The second kappa shape index (κ2) is 12.0. The lowest BCUT2D eigenvalue weighted by Gasteiger charge is -2.19. The molecule has 0 radical (unpaired) electrons. The molecule has 3 N–H and O–H groups in total. The Morgan fingerprint density at radius 2 is 1.86 bits per heavy atom. The fourth-order valence-corrected chi connectivity index (χ4v) is 3.03. The molecular formula is C22H29ClN4O2. The fourth-order valence-electron chi connectivity index (χ4n) is 2.73. The number of aliphatic imine (C=N–C) groups is 1. The normalized spacial score (nSPS) is 12.2. The number of likely N-dealkylation sites (N-methyl/N-ethyl adjacent to an activating group) is 1. The van der Waals surface area contributed by atoms with Crippen molar-refractivity contribution in [1.82, 2.24) is 16.0 Å². The van der Waals surface area contributed by atoms with Crippen LogP contribution in [0, 0.1) is 0 Å². The van der Waals surface area contributed by atoms with Crippen LogP contribution in [0.1, 0.15) is 37.9 Å². The van der Waals surface area contributed by atoms with Crippen LogP contribution in [0.4, 0.5) is 0 Å². The summed E-state index contributed by atoms with van der Waals surface area (Å²) in [6.45, 7) is 7.75. The summed E-state index contributed by atoms with van der Waals surface area (Å²) in [7, 11) is 0. The van der Waals surface area contributed by atoms with Gasteiger partial charge in [-0.25, -0.2) is 4.99 Å². The summed E-state index contributed by atoms with van der Waals surface area (Å²) in [6, 6.07) is 15.4. The summed E-state index contributed by atoms with van der Waals surface area (Å²) in [5.41, 5.74) is 2.00. The Morgan fingerprint density at radius 3 is 2.59 bits per heavy atom. The van der Waals surface area contributed by atoms with Crippen molar-refractivity contribution in [3.05, 3.63) is 64.7 Å². The van der Waals surface area contributed by atoms with Gasteiger partial charge in [0.05, 0.1) is 12.6 Å². The number of guanidine groups is 1. The third kappa shape index (κ3) is 7.66. The van der Waals surface area contributed by atoms with Crippen molar-refractivity contribution < 1.29 is 9.53 Å². The molecule has 2 aromatic carbocycles. The number of ether oxygens (including phenoxy) is 1. The molecule has 0 spiro atoms. The SMILES string of the molecule is CCNC(=O)COc1cccc(CN=C(NCC)NC(C)c2ccccc2Cl)c1. The Bertz CT molecular complexity index is 826. The molecule has 0 aliphatic rings. The van der Waals surface area contributed by atoms with Crippen molar-refractivity contribution in [3.63, 3.8) is 0 Å². The van der Waals surface area contributed by atoms with E-state index in [-0.39, 0.29) is 18.6 Å². The minimum Gasteiger partial charge on any atom is -0.484 e. The van der Waals surface area contributed by atoms with E-state index >= 15 is 0 Å². The highest BCUT2D eigenvalue weighted by atomic mass is 35.5. The lowest BCUT2D eigenvalue weighted by atomic mass is 10.1. The van der Waals surface area contributed by atoms with Gasteiger partial charge in [-0.05, 0) is 50.1 Å². The van der Waals surface area contributed by atoms with Gasteiger partial charge in [0, 0.05) is 18.1 Å². The molecule has 0 heterocycles. The van der Waals surface area contributed by atoms with Gasteiger partial charge in [0.1, 0.15) is 5.75 Å². The van der Waals surface area contributed by atoms with Crippen LogP contribution >= 0.6 is 11.6 Å². The maximum Gasteiger partial charge on any atom is 0.257 e. The summed E-state index contributed by atoms with van der Waals surface area (Å²) in [6.07, 6.45) is 0. The molecule has 0 bridgehead atoms. The zero-order valence-corrected chi connectivity index (χ0v) is 17.9. The third-order valence-corrected chi connectivity index (χ3v) is 4.48. The van der Waals surface area contributed by atoms with Gasteiger partial charge in [-0.2, -0.15) is 0 Å². The molecule has 0 fully saturated rings. The van der Waals surface area contributed by atoms with Gasteiger partial charge < -0.3 is 20.7 Å². The fraction of sp³-hybridized carbons (Fsp3) is 0.364. The minimum absolute atomic E-state index is 0.000106. The standard InChI is InChI=1S/C22H29ClN4O2/c1-4-24-21(28)15-29-18-10-8-9-17(13-18)14-26-22(25-5-2)27-16(3)19-11-6-7-12-20(19)23/h6-13,16H,4-5,14-15H2,1-3H3,(H,24,28)(H2,25,26,27). The lowest BCUT2D eigenvalue weighted by molar-refractivity contribution is -0.122. The van der Waals surface area contributed by atoms with Crippen LogP contribution in [0.15, 0.2) is 53.5 Å². The first-order valence-electron chi connectivity index (χ1n) is 9.81. The molecule has 0 aliphatic heterocycles. The molecule has 29 heavy (non-hydrogen) atoms. The quantitative estimate of drug-likeness (QED) is 0.430. The summed E-state index contributed by atoms with van der Waals surface area (Å²) in [5.74, 6) is 1.21. The number of hydrogen-bond donors (Lipinski definition) is 3. The maximum absolute atomic E-state index is 11.5. The number of carbonyl (C=O) groups excluding carboxylic acids is 1. The Kier molecular flexibility index (Phi) is 9.31. The first-order valence-corrected chi connectivity index (χ1v) is 10.2. The van der Waals surface area contributed by atoms with Crippen molar-refractivity contribution in [3.8, 4) is 5.75 Å². The minimum atomic E-state index is -0.136. The second-order valence-electron chi connectivity index (χ2n) is 6.47. The number of nitrogens with zero attached hydrogens (tertiary/aromatic N) is 1. The maximum atomic E-state index is 11.5. The van der Waals surface area contributed by atoms with E-state index in [1.54, 1.807) is 0 Å².